The van der Waals surface area contributed by atoms with E-state index in [0.717, 1.165) is 17.0 Å². The van der Waals surface area contributed by atoms with Crippen molar-refractivity contribution in [2.24, 2.45) is 0 Å². The summed E-state index contributed by atoms with van der Waals surface area (Å²) in [5.41, 5.74) is 0.867. The van der Waals surface area contributed by atoms with Gasteiger partial charge in [-0.25, -0.2) is 9.37 Å². The molecular formula is C21H20ClFN2O2S2. The van der Waals surface area contributed by atoms with Crippen LogP contribution in [-0.2, 0) is 16.3 Å². The summed E-state index contributed by atoms with van der Waals surface area (Å²) >= 11 is 8.92. The maximum atomic E-state index is 12.9. The number of halogens is 2. The first-order chi connectivity index (χ1) is 13.8. The van der Waals surface area contributed by atoms with Crippen molar-refractivity contribution in [3.05, 3.63) is 76.0 Å². The number of hydrogen-bond donors (Lipinski definition) is 1. The standard InChI is InChI=1S/C21H20ClFN2O2S2/c1-21(2,27-18-9-5-15(22)6-10-18)19(26)25-20-24-17(13-29-20)12-28-11-14-3-7-16(23)8-4-14/h3-10,13H,11-12H2,1-2H3,(H,24,25,26). The summed E-state index contributed by atoms with van der Waals surface area (Å²) in [5.74, 6) is 1.51. The molecule has 8 heteroatoms. The molecule has 1 heterocycles. The van der Waals surface area contributed by atoms with Crippen LogP contribution in [0, 0.1) is 5.82 Å². The van der Waals surface area contributed by atoms with E-state index in [0.29, 0.717) is 21.7 Å². The van der Waals surface area contributed by atoms with Crippen molar-refractivity contribution in [1.82, 2.24) is 4.98 Å². The number of rotatable bonds is 8. The fraction of sp³-hybridized carbons (Fsp3) is 0.238. The van der Waals surface area contributed by atoms with Gasteiger partial charge >= 0.3 is 0 Å². The zero-order valence-electron chi connectivity index (χ0n) is 15.9. The molecule has 1 amide bonds. The van der Waals surface area contributed by atoms with Gasteiger partial charge in [0.25, 0.3) is 5.91 Å². The number of benzene rings is 2. The number of carbonyl (C=O) groups excluding carboxylic acids is 1. The molecule has 3 aromatic rings. The Morgan fingerprint density at radius 3 is 2.55 bits per heavy atom. The van der Waals surface area contributed by atoms with Crippen molar-refractivity contribution < 1.29 is 13.9 Å². The number of amides is 1. The summed E-state index contributed by atoms with van der Waals surface area (Å²) in [7, 11) is 0. The molecule has 2 aromatic carbocycles. The highest BCUT2D eigenvalue weighted by Gasteiger charge is 2.30. The summed E-state index contributed by atoms with van der Waals surface area (Å²) in [6, 6.07) is 13.3. The SMILES string of the molecule is CC(C)(Oc1ccc(Cl)cc1)C(=O)Nc1nc(CSCc2ccc(F)cc2)cs1. The quantitative estimate of drug-likeness (QED) is 0.446. The van der Waals surface area contributed by atoms with Crippen LogP contribution in [0.1, 0.15) is 25.1 Å². The van der Waals surface area contributed by atoms with Crippen molar-refractivity contribution in [3.63, 3.8) is 0 Å². The molecule has 152 valence electrons. The molecule has 0 aliphatic heterocycles. The number of thioether (sulfide) groups is 1. The number of hydrogen-bond acceptors (Lipinski definition) is 5. The number of aromatic nitrogens is 1. The highest BCUT2D eigenvalue weighted by atomic mass is 35.5. The van der Waals surface area contributed by atoms with Gasteiger partial charge in [-0.15, -0.1) is 11.3 Å². The van der Waals surface area contributed by atoms with Gasteiger partial charge in [-0.3, -0.25) is 10.1 Å². The molecule has 0 radical (unpaired) electrons. The van der Waals surface area contributed by atoms with Crippen molar-refractivity contribution in [2.75, 3.05) is 5.32 Å². The Kier molecular flexibility index (Phi) is 7.16. The summed E-state index contributed by atoms with van der Waals surface area (Å²) in [6.07, 6.45) is 0. The highest BCUT2D eigenvalue weighted by molar-refractivity contribution is 7.97. The lowest BCUT2D eigenvalue weighted by molar-refractivity contribution is -0.128. The van der Waals surface area contributed by atoms with Crippen LogP contribution >= 0.6 is 34.7 Å². The van der Waals surface area contributed by atoms with E-state index in [1.165, 1.54) is 23.5 Å². The maximum Gasteiger partial charge on any atom is 0.269 e. The third kappa shape index (κ3) is 6.45. The fourth-order valence-electron chi connectivity index (χ4n) is 2.38. The molecule has 0 aliphatic rings. The Hall–Kier alpha value is -2.09. The number of carbonyl (C=O) groups is 1. The van der Waals surface area contributed by atoms with E-state index in [1.54, 1.807) is 62.0 Å². The van der Waals surface area contributed by atoms with E-state index in [9.17, 15) is 9.18 Å². The van der Waals surface area contributed by atoms with Crippen LogP contribution in [0.2, 0.25) is 5.02 Å². The Morgan fingerprint density at radius 1 is 1.17 bits per heavy atom. The number of thiazole rings is 1. The van der Waals surface area contributed by atoms with E-state index >= 15 is 0 Å². The number of ether oxygens (including phenoxy) is 1. The minimum Gasteiger partial charge on any atom is -0.478 e. The highest BCUT2D eigenvalue weighted by Crippen LogP contribution is 2.25. The third-order valence-corrected chi connectivity index (χ3v) is 6.03. The zero-order chi connectivity index (χ0) is 20.9. The van der Waals surface area contributed by atoms with Gasteiger partial charge in [0.05, 0.1) is 5.69 Å². The molecular weight excluding hydrogens is 431 g/mol. The lowest BCUT2D eigenvalue weighted by Gasteiger charge is -2.24. The summed E-state index contributed by atoms with van der Waals surface area (Å²) in [6.45, 7) is 3.40. The van der Waals surface area contributed by atoms with Crippen LogP contribution in [0.5, 0.6) is 5.75 Å². The topological polar surface area (TPSA) is 51.2 Å². The maximum absolute atomic E-state index is 12.9. The van der Waals surface area contributed by atoms with Gasteiger partial charge in [-0.1, -0.05) is 23.7 Å². The first kappa shape index (κ1) is 21.6. The molecule has 4 nitrogen and oxygen atoms in total. The Bertz CT molecular complexity index is 960. The first-order valence-electron chi connectivity index (χ1n) is 8.84. The smallest absolute Gasteiger partial charge is 0.269 e. The first-order valence-corrected chi connectivity index (χ1v) is 11.3. The molecule has 0 spiro atoms. The molecule has 0 aliphatic carbocycles. The largest absolute Gasteiger partial charge is 0.478 e. The van der Waals surface area contributed by atoms with Crippen LogP contribution in [-0.4, -0.2) is 16.5 Å². The molecule has 0 atom stereocenters. The molecule has 1 aromatic heterocycles. The molecule has 0 unspecified atom stereocenters. The molecule has 29 heavy (non-hydrogen) atoms. The lowest BCUT2D eigenvalue weighted by Crippen LogP contribution is -2.42. The average Bonchev–Trinajstić information content (AvgIpc) is 3.12. The Labute approximate surface area is 182 Å². The zero-order valence-corrected chi connectivity index (χ0v) is 18.3. The number of nitrogens with zero attached hydrogens (tertiary/aromatic N) is 1. The van der Waals surface area contributed by atoms with Crippen LogP contribution < -0.4 is 10.1 Å². The van der Waals surface area contributed by atoms with E-state index < -0.39 is 5.60 Å². The van der Waals surface area contributed by atoms with Crippen molar-refractivity contribution in [2.45, 2.75) is 31.0 Å². The number of anilines is 1. The van der Waals surface area contributed by atoms with Crippen LogP contribution in [0.3, 0.4) is 0 Å². The van der Waals surface area contributed by atoms with Gasteiger partial charge in [-0.05, 0) is 55.8 Å². The van der Waals surface area contributed by atoms with Gasteiger partial charge in [-0.2, -0.15) is 11.8 Å². The average molecular weight is 451 g/mol. The minimum absolute atomic E-state index is 0.235. The van der Waals surface area contributed by atoms with Crippen LogP contribution in [0.4, 0.5) is 9.52 Å². The van der Waals surface area contributed by atoms with E-state index in [1.807, 2.05) is 5.38 Å². The van der Waals surface area contributed by atoms with E-state index in [-0.39, 0.29) is 11.7 Å². The molecule has 0 saturated heterocycles. The predicted octanol–water partition coefficient (Wildman–Crippen LogP) is 6.17. The summed E-state index contributed by atoms with van der Waals surface area (Å²) < 4.78 is 18.7. The van der Waals surface area contributed by atoms with Gasteiger partial charge in [0.2, 0.25) is 0 Å². The lowest BCUT2D eigenvalue weighted by atomic mass is 10.1. The van der Waals surface area contributed by atoms with E-state index in [2.05, 4.69) is 10.3 Å². The van der Waals surface area contributed by atoms with Gasteiger partial charge in [0.15, 0.2) is 10.7 Å². The van der Waals surface area contributed by atoms with Crippen molar-refractivity contribution in [3.8, 4) is 5.75 Å². The molecule has 3 rings (SSSR count). The Morgan fingerprint density at radius 2 is 1.86 bits per heavy atom. The molecule has 0 bridgehead atoms. The second kappa shape index (κ2) is 9.61. The number of nitrogens with one attached hydrogen (secondary N) is 1. The van der Waals surface area contributed by atoms with Crippen LogP contribution in [0.15, 0.2) is 53.9 Å². The minimum atomic E-state index is -1.07. The summed E-state index contributed by atoms with van der Waals surface area (Å²) in [5, 5.41) is 5.86. The second-order valence-corrected chi connectivity index (χ2v) is 9.06. The normalized spacial score (nSPS) is 11.3. The van der Waals surface area contributed by atoms with Crippen molar-refractivity contribution in [1.29, 1.82) is 0 Å². The monoisotopic (exact) mass is 450 g/mol. The molecule has 0 fully saturated rings. The van der Waals surface area contributed by atoms with Gasteiger partial charge < -0.3 is 4.74 Å². The fourth-order valence-corrected chi connectivity index (χ4v) is 4.20. The third-order valence-electron chi connectivity index (χ3n) is 3.94. The molecule has 0 saturated carbocycles. The van der Waals surface area contributed by atoms with E-state index in [4.69, 9.17) is 16.3 Å². The van der Waals surface area contributed by atoms with Crippen LogP contribution in [0.25, 0.3) is 0 Å². The second-order valence-electron chi connectivity index (χ2n) is 6.78. The van der Waals surface area contributed by atoms with Crippen molar-refractivity contribution >= 4 is 45.7 Å². The predicted molar refractivity (Wildman–Crippen MR) is 118 cm³/mol. The molecule has 1 N–H and O–H groups in total. The summed E-state index contributed by atoms with van der Waals surface area (Å²) in [4.78, 5) is 17.1. The Balaban J connectivity index is 1.51. The van der Waals surface area contributed by atoms with Gasteiger partial charge in [0, 0.05) is 21.9 Å². The van der Waals surface area contributed by atoms with Gasteiger partial charge in [0.1, 0.15) is 11.6 Å².